The van der Waals surface area contributed by atoms with Gasteiger partial charge in [0.2, 0.25) is 5.91 Å². The van der Waals surface area contributed by atoms with Crippen LogP contribution in [0, 0.1) is 0 Å². The Morgan fingerprint density at radius 2 is 1.77 bits per heavy atom. The van der Waals surface area contributed by atoms with E-state index in [0.29, 0.717) is 45.3 Å². The molecule has 5 nitrogen and oxygen atoms in total. The average molecular weight is 436 g/mol. The number of hydrogen-bond donors (Lipinski definition) is 1. The van der Waals surface area contributed by atoms with Gasteiger partial charge in [-0.05, 0) is 42.5 Å². The van der Waals surface area contributed by atoms with Gasteiger partial charge in [0.25, 0.3) is 0 Å². The van der Waals surface area contributed by atoms with Crippen LogP contribution in [-0.2, 0) is 24.2 Å². The van der Waals surface area contributed by atoms with Crippen LogP contribution in [-0.4, -0.2) is 57.6 Å². The van der Waals surface area contributed by atoms with E-state index in [2.05, 4.69) is 40.2 Å². The highest BCUT2D eigenvalue weighted by atomic mass is 32.1. The molecule has 0 spiro atoms. The van der Waals surface area contributed by atoms with Crippen LogP contribution in [0.25, 0.3) is 10.2 Å². The SMILES string of the molecule is O=C(CCc1nc2ccccc2s1)N1CCC(O)(CN2CCc3ccccc3C2)CC1. The smallest absolute Gasteiger partial charge is 0.222 e. The van der Waals surface area contributed by atoms with E-state index in [9.17, 15) is 9.90 Å². The number of rotatable bonds is 5. The molecule has 5 rings (SSSR count). The van der Waals surface area contributed by atoms with Gasteiger partial charge in [-0.1, -0.05) is 36.4 Å². The minimum atomic E-state index is -0.698. The minimum Gasteiger partial charge on any atom is -0.388 e. The Labute approximate surface area is 187 Å². The lowest BCUT2D eigenvalue weighted by Gasteiger charge is -2.42. The summed E-state index contributed by atoms with van der Waals surface area (Å²) in [5.74, 6) is 0.174. The first-order valence-electron chi connectivity index (χ1n) is 11.2. The number of amides is 1. The number of aryl methyl sites for hydroxylation is 1. The van der Waals surface area contributed by atoms with Gasteiger partial charge >= 0.3 is 0 Å². The average Bonchev–Trinajstić information content (AvgIpc) is 3.21. The van der Waals surface area contributed by atoms with Gasteiger partial charge in [-0.25, -0.2) is 4.98 Å². The molecular formula is C25H29N3O2S. The monoisotopic (exact) mass is 435 g/mol. The molecule has 1 fully saturated rings. The van der Waals surface area contributed by atoms with E-state index in [1.807, 2.05) is 23.1 Å². The van der Waals surface area contributed by atoms with Crippen molar-refractivity contribution in [1.29, 1.82) is 0 Å². The molecular weight excluding hydrogens is 406 g/mol. The molecule has 1 saturated heterocycles. The summed E-state index contributed by atoms with van der Waals surface area (Å²) < 4.78 is 1.17. The number of benzene rings is 2. The van der Waals surface area contributed by atoms with E-state index in [1.54, 1.807) is 11.3 Å². The molecule has 1 aromatic heterocycles. The summed E-state index contributed by atoms with van der Waals surface area (Å²) in [5.41, 5.74) is 3.12. The van der Waals surface area contributed by atoms with Crippen molar-refractivity contribution in [2.45, 2.75) is 44.2 Å². The predicted molar refractivity (Wildman–Crippen MR) is 124 cm³/mol. The van der Waals surface area contributed by atoms with Crippen LogP contribution < -0.4 is 0 Å². The lowest BCUT2D eigenvalue weighted by Crippen LogP contribution is -2.52. The maximum atomic E-state index is 12.7. The first kappa shape index (κ1) is 20.6. The number of thiazole rings is 1. The molecule has 162 valence electrons. The number of aliphatic hydroxyl groups is 1. The number of nitrogens with zero attached hydrogens (tertiary/aromatic N) is 3. The first-order chi connectivity index (χ1) is 15.1. The molecule has 31 heavy (non-hydrogen) atoms. The second kappa shape index (κ2) is 8.69. The molecule has 0 saturated carbocycles. The molecule has 2 aromatic carbocycles. The number of carbonyl (C=O) groups excluding carboxylic acids is 1. The summed E-state index contributed by atoms with van der Waals surface area (Å²) in [7, 11) is 0. The zero-order valence-corrected chi connectivity index (χ0v) is 18.6. The lowest BCUT2D eigenvalue weighted by atomic mass is 9.89. The summed E-state index contributed by atoms with van der Waals surface area (Å²) in [5, 5.41) is 12.2. The molecule has 0 aliphatic carbocycles. The van der Waals surface area contributed by atoms with Crippen molar-refractivity contribution in [3.63, 3.8) is 0 Å². The molecule has 2 aliphatic heterocycles. The third-order valence-corrected chi connectivity index (χ3v) is 7.76. The molecule has 0 unspecified atom stereocenters. The lowest BCUT2D eigenvalue weighted by molar-refractivity contribution is -0.136. The number of para-hydroxylation sites is 1. The number of fused-ring (bicyclic) bond motifs is 2. The van der Waals surface area contributed by atoms with Gasteiger partial charge in [0, 0.05) is 45.6 Å². The maximum absolute atomic E-state index is 12.7. The summed E-state index contributed by atoms with van der Waals surface area (Å²) >= 11 is 1.67. The summed E-state index contributed by atoms with van der Waals surface area (Å²) in [6.07, 6.45) is 3.52. The van der Waals surface area contributed by atoms with Crippen molar-refractivity contribution < 1.29 is 9.90 Å². The number of aromatic nitrogens is 1. The largest absolute Gasteiger partial charge is 0.388 e. The van der Waals surface area contributed by atoms with Gasteiger partial charge in [0.05, 0.1) is 20.8 Å². The van der Waals surface area contributed by atoms with Crippen molar-refractivity contribution in [1.82, 2.24) is 14.8 Å². The Morgan fingerprint density at radius 3 is 2.58 bits per heavy atom. The van der Waals surface area contributed by atoms with Gasteiger partial charge in [-0.3, -0.25) is 9.69 Å². The number of hydrogen-bond acceptors (Lipinski definition) is 5. The van der Waals surface area contributed by atoms with Gasteiger partial charge in [0.1, 0.15) is 0 Å². The predicted octanol–water partition coefficient (Wildman–Crippen LogP) is 3.64. The quantitative estimate of drug-likeness (QED) is 0.665. The Hall–Kier alpha value is -2.28. The Balaban J connectivity index is 1.11. The van der Waals surface area contributed by atoms with Gasteiger partial charge in [0.15, 0.2) is 0 Å². The molecule has 3 aromatic rings. The highest BCUT2D eigenvalue weighted by Gasteiger charge is 2.36. The zero-order valence-electron chi connectivity index (χ0n) is 17.8. The third-order valence-electron chi connectivity index (χ3n) is 6.67. The molecule has 0 radical (unpaired) electrons. The van der Waals surface area contributed by atoms with E-state index in [1.165, 1.54) is 15.8 Å². The Morgan fingerprint density at radius 1 is 1.03 bits per heavy atom. The fourth-order valence-corrected chi connectivity index (χ4v) is 5.80. The van der Waals surface area contributed by atoms with Crippen LogP contribution in [0.1, 0.15) is 35.4 Å². The van der Waals surface area contributed by atoms with Crippen LogP contribution in [0.3, 0.4) is 0 Å². The van der Waals surface area contributed by atoms with Crippen LogP contribution in [0.5, 0.6) is 0 Å². The number of likely N-dealkylation sites (tertiary alicyclic amines) is 1. The van der Waals surface area contributed by atoms with E-state index in [4.69, 9.17) is 0 Å². The topological polar surface area (TPSA) is 56.7 Å². The molecule has 0 atom stereocenters. The first-order valence-corrected chi connectivity index (χ1v) is 12.0. The van der Waals surface area contributed by atoms with Crippen molar-refractivity contribution >= 4 is 27.5 Å². The summed E-state index contributed by atoms with van der Waals surface area (Å²) in [4.78, 5) is 21.7. The highest BCUT2D eigenvalue weighted by Crippen LogP contribution is 2.28. The van der Waals surface area contributed by atoms with Gasteiger partial charge in [-0.15, -0.1) is 11.3 Å². The molecule has 3 heterocycles. The summed E-state index contributed by atoms with van der Waals surface area (Å²) in [6.45, 7) is 3.86. The highest BCUT2D eigenvalue weighted by molar-refractivity contribution is 7.18. The number of piperidine rings is 1. The van der Waals surface area contributed by atoms with Crippen LogP contribution in [0.2, 0.25) is 0 Å². The zero-order chi connectivity index (χ0) is 21.3. The maximum Gasteiger partial charge on any atom is 0.222 e. The van der Waals surface area contributed by atoms with Gasteiger partial charge < -0.3 is 10.0 Å². The Bertz CT molecular complexity index is 1040. The second-order valence-corrected chi connectivity index (χ2v) is 10.0. The Kier molecular flexibility index (Phi) is 5.78. The minimum absolute atomic E-state index is 0.174. The normalized spacial score (nSPS) is 18.8. The fraction of sp³-hybridized carbons (Fsp3) is 0.440. The second-order valence-electron chi connectivity index (χ2n) is 8.91. The molecule has 0 bridgehead atoms. The van der Waals surface area contributed by atoms with E-state index in [-0.39, 0.29) is 5.91 Å². The van der Waals surface area contributed by atoms with Crippen LogP contribution in [0.15, 0.2) is 48.5 Å². The van der Waals surface area contributed by atoms with E-state index in [0.717, 1.165) is 30.0 Å². The number of β-amino-alcohol motifs (C(OH)–C–C–N with tert-alkyl or cyclic N) is 1. The van der Waals surface area contributed by atoms with Crippen molar-refractivity contribution in [3.05, 3.63) is 64.7 Å². The van der Waals surface area contributed by atoms with Crippen LogP contribution >= 0.6 is 11.3 Å². The fourth-order valence-electron chi connectivity index (χ4n) is 4.83. The molecule has 6 heteroatoms. The molecule has 1 N–H and O–H groups in total. The van der Waals surface area contributed by atoms with Crippen LogP contribution in [0.4, 0.5) is 0 Å². The summed E-state index contributed by atoms with van der Waals surface area (Å²) in [6, 6.07) is 16.7. The number of carbonyl (C=O) groups is 1. The van der Waals surface area contributed by atoms with E-state index >= 15 is 0 Å². The standard InChI is InChI=1S/C25H29N3O2S/c29-24(10-9-23-26-21-7-3-4-8-22(21)31-23)28-15-12-25(30,13-16-28)18-27-14-11-19-5-1-2-6-20(19)17-27/h1-8,30H,9-18H2. The van der Waals surface area contributed by atoms with Crippen molar-refractivity contribution in [2.75, 3.05) is 26.2 Å². The van der Waals surface area contributed by atoms with Gasteiger partial charge in [-0.2, -0.15) is 0 Å². The van der Waals surface area contributed by atoms with Crippen molar-refractivity contribution in [2.24, 2.45) is 0 Å². The van der Waals surface area contributed by atoms with E-state index < -0.39 is 5.60 Å². The molecule has 2 aliphatic rings. The third kappa shape index (κ3) is 4.66. The van der Waals surface area contributed by atoms with Crippen molar-refractivity contribution in [3.8, 4) is 0 Å². The molecule has 1 amide bonds.